The zero-order valence-corrected chi connectivity index (χ0v) is 11.9. The van der Waals surface area contributed by atoms with Crippen LogP contribution in [0.25, 0.3) is 0 Å². The summed E-state index contributed by atoms with van der Waals surface area (Å²) in [5.74, 6) is 0.502. The van der Waals surface area contributed by atoms with E-state index in [2.05, 4.69) is 25.2 Å². The van der Waals surface area contributed by atoms with E-state index in [0.29, 0.717) is 18.9 Å². The summed E-state index contributed by atoms with van der Waals surface area (Å²) in [4.78, 5) is 12.2. The van der Waals surface area contributed by atoms with Crippen molar-refractivity contribution in [2.24, 2.45) is 11.1 Å². The highest BCUT2D eigenvalue weighted by atomic mass is 16.1. The fourth-order valence-electron chi connectivity index (χ4n) is 2.78. The van der Waals surface area contributed by atoms with Crippen molar-refractivity contribution in [2.75, 3.05) is 11.9 Å². The minimum absolute atomic E-state index is 0.0663. The Kier molecular flexibility index (Phi) is 4.25. The smallest absolute Gasteiger partial charge is 0.224 e. The first kappa shape index (κ1) is 14.1. The van der Waals surface area contributed by atoms with E-state index in [9.17, 15) is 4.79 Å². The number of para-hydroxylation sites is 1. The minimum Gasteiger partial charge on any atom is -0.330 e. The summed E-state index contributed by atoms with van der Waals surface area (Å²) in [6.45, 7) is 4.89. The lowest BCUT2D eigenvalue weighted by Gasteiger charge is -2.40. The van der Waals surface area contributed by atoms with Gasteiger partial charge in [0.25, 0.3) is 0 Å². The molecule has 0 saturated heterocycles. The van der Waals surface area contributed by atoms with Crippen LogP contribution < -0.4 is 11.1 Å². The maximum absolute atomic E-state index is 12.2. The number of hydrogen-bond donors (Lipinski definition) is 2. The molecule has 1 aliphatic carbocycles. The zero-order chi connectivity index (χ0) is 13.9. The molecule has 0 radical (unpaired) electrons. The number of amides is 1. The van der Waals surface area contributed by atoms with E-state index in [1.807, 2.05) is 18.2 Å². The summed E-state index contributed by atoms with van der Waals surface area (Å²) in [6, 6.07) is 8.02. The maximum Gasteiger partial charge on any atom is 0.224 e. The largest absolute Gasteiger partial charge is 0.330 e. The second kappa shape index (κ2) is 5.74. The highest BCUT2D eigenvalue weighted by molar-refractivity contribution is 5.92. The fraction of sp³-hybridized carbons (Fsp3) is 0.562. The Morgan fingerprint density at radius 1 is 1.37 bits per heavy atom. The topological polar surface area (TPSA) is 55.1 Å². The summed E-state index contributed by atoms with van der Waals surface area (Å²) >= 11 is 0. The van der Waals surface area contributed by atoms with Crippen LogP contribution in [0.2, 0.25) is 0 Å². The number of anilines is 1. The Hall–Kier alpha value is -1.35. The Morgan fingerprint density at radius 3 is 2.58 bits per heavy atom. The number of carbonyl (C=O) groups excluding carboxylic acids is 1. The lowest BCUT2D eigenvalue weighted by Crippen LogP contribution is -2.40. The van der Waals surface area contributed by atoms with Gasteiger partial charge < -0.3 is 11.1 Å². The van der Waals surface area contributed by atoms with Gasteiger partial charge in [0.15, 0.2) is 0 Å². The molecule has 1 aliphatic rings. The normalized spacial score (nSPS) is 17.1. The third-order valence-corrected chi connectivity index (χ3v) is 4.24. The quantitative estimate of drug-likeness (QED) is 0.853. The predicted octanol–water partition coefficient (Wildman–Crippen LogP) is 3.27. The van der Waals surface area contributed by atoms with E-state index in [1.54, 1.807) is 0 Å². The molecule has 1 aromatic rings. The van der Waals surface area contributed by atoms with E-state index in [4.69, 9.17) is 5.73 Å². The molecule has 104 valence electrons. The van der Waals surface area contributed by atoms with Crippen LogP contribution in [0, 0.1) is 5.41 Å². The van der Waals surface area contributed by atoms with Gasteiger partial charge in [0.1, 0.15) is 0 Å². The van der Waals surface area contributed by atoms with Gasteiger partial charge in [0.05, 0.1) is 0 Å². The van der Waals surface area contributed by atoms with E-state index in [0.717, 1.165) is 18.5 Å². The van der Waals surface area contributed by atoms with Gasteiger partial charge in [0.2, 0.25) is 5.91 Å². The molecule has 0 heterocycles. The molecule has 0 aromatic heterocycles. The van der Waals surface area contributed by atoms with Crippen LogP contribution in [0.4, 0.5) is 5.69 Å². The fourth-order valence-corrected chi connectivity index (χ4v) is 2.78. The number of benzene rings is 1. The Morgan fingerprint density at radius 2 is 2.05 bits per heavy atom. The lowest BCUT2D eigenvalue weighted by molar-refractivity contribution is -0.119. The van der Waals surface area contributed by atoms with Crippen molar-refractivity contribution in [2.45, 2.75) is 45.4 Å². The molecule has 0 aliphatic heterocycles. The van der Waals surface area contributed by atoms with E-state index < -0.39 is 0 Å². The molecule has 2 rings (SSSR count). The Labute approximate surface area is 115 Å². The summed E-state index contributed by atoms with van der Waals surface area (Å²) in [5, 5.41) is 3.06. The van der Waals surface area contributed by atoms with Crippen LogP contribution in [-0.2, 0) is 4.79 Å². The molecule has 0 atom stereocenters. The lowest BCUT2D eigenvalue weighted by atomic mass is 9.66. The average molecular weight is 260 g/mol. The van der Waals surface area contributed by atoms with Crippen LogP contribution in [0.15, 0.2) is 24.3 Å². The molecule has 0 unspecified atom stereocenters. The van der Waals surface area contributed by atoms with Gasteiger partial charge in [-0.2, -0.15) is 0 Å². The van der Waals surface area contributed by atoms with Crippen LogP contribution in [0.1, 0.15) is 51.0 Å². The third-order valence-electron chi connectivity index (χ3n) is 4.24. The van der Waals surface area contributed by atoms with Gasteiger partial charge >= 0.3 is 0 Å². The summed E-state index contributed by atoms with van der Waals surface area (Å²) < 4.78 is 0. The molecule has 1 saturated carbocycles. The van der Waals surface area contributed by atoms with Crippen molar-refractivity contribution >= 4 is 11.6 Å². The molecule has 1 aromatic carbocycles. The average Bonchev–Trinajstić information content (AvgIpc) is 2.34. The summed E-state index contributed by atoms with van der Waals surface area (Å²) in [7, 11) is 0. The van der Waals surface area contributed by atoms with Gasteiger partial charge in [0, 0.05) is 12.1 Å². The zero-order valence-electron chi connectivity index (χ0n) is 11.9. The molecule has 3 heteroatoms. The molecule has 1 fully saturated rings. The van der Waals surface area contributed by atoms with Crippen molar-refractivity contribution in [3.8, 4) is 0 Å². The Balaban J connectivity index is 2.03. The second-order valence-electron chi connectivity index (χ2n) is 6.02. The van der Waals surface area contributed by atoms with E-state index >= 15 is 0 Å². The highest BCUT2D eigenvalue weighted by Gasteiger charge is 2.37. The summed E-state index contributed by atoms with van der Waals surface area (Å²) in [5.41, 5.74) is 8.00. The van der Waals surface area contributed by atoms with Crippen molar-refractivity contribution in [1.82, 2.24) is 0 Å². The van der Waals surface area contributed by atoms with Gasteiger partial charge in [-0.05, 0) is 42.3 Å². The number of nitrogens with two attached hydrogens (primary N) is 1. The van der Waals surface area contributed by atoms with Crippen molar-refractivity contribution in [3.63, 3.8) is 0 Å². The van der Waals surface area contributed by atoms with Gasteiger partial charge in [-0.1, -0.05) is 38.5 Å². The molecular formula is C16H24N2O. The number of rotatable bonds is 5. The summed E-state index contributed by atoms with van der Waals surface area (Å²) in [6.07, 6.45) is 3.93. The first-order chi connectivity index (χ1) is 9.06. The van der Waals surface area contributed by atoms with E-state index in [1.165, 1.54) is 12.0 Å². The monoisotopic (exact) mass is 260 g/mol. The van der Waals surface area contributed by atoms with Crippen molar-refractivity contribution in [1.29, 1.82) is 0 Å². The molecule has 19 heavy (non-hydrogen) atoms. The van der Waals surface area contributed by atoms with Gasteiger partial charge in [-0.15, -0.1) is 0 Å². The Bertz CT molecular complexity index is 444. The number of hydrogen-bond acceptors (Lipinski definition) is 2. The molecule has 0 bridgehead atoms. The van der Waals surface area contributed by atoms with E-state index in [-0.39, 0.29) is 11.3 Å². The third kappa shape index (κ3) is 3.16. The first-order valence-electron chi connectivity index (χ1n) is 7.15. The van der Waals surface area contributed by atoms with Crippen molar-refractivity contribution < 1.29 is 4.79 Å². The van der Waals surface area contributed by atoms with Crippen LogP contribution in [0.3, 0.4) is 0 Å². The highest BCUT2D eigenvalue weighted by Crippen LogP contribution is 2.43. The molecule has 1 amide bonds. The van der Waals surface area contributed by atoms with Gasteiger partial charge in [-0.25, -0.2) is 0 Å². The second-order valence-corrected chi connectivity index (χ2v) is 6.02. The van der Waals surface area contributed by atoms with Gasteiger partial charge in [-0.3, -0.25) is 4.79 Å². The van der Waals surface area contributed by atoms with Crippen LogP contribution >= 0.6 is 0 Å². The molecule has 3 nitrogen and oxygen atoms in total. The number of carbonyl (C=O) groups is 1. The predicted molar refractivity (Wildman–Crippen MR) is 79.1 cm³/mol. The van der Waals surface area contributed by atoms with Crippen LogP contribution in [0.5, 0.6) is 0 Å². The molecular weight excluding hydrogens is 236 g/mol. The first-order valence-corrected chi connectivity index (χ1v) is 7.15. The number of nitrogens with one attached hydrogen (secondary N) is 1. The maximum atomic E-state index is 12.2. The molecule has 3 N–H and O–H groups in total. The van der Waals surface area contributed by atoms with Crippen molar-refractivity contribution in [3.05, 3.63) is 29.8 Å². The minimum atomic E-state index is 0.0663. The molecule has 0 spiro atoms. The standard InChI is InChI=1S/C16H24N2O/c1-12(2)13-6-3-4-7-14(13)18-15(19)10-16(11-17)8-5-9-16/h3-4,6-7,12H,5,8-11,17H2,1-2H3,(H,18,19). The SMILES string of the molecule is CC(C)c1ccccc1NC(=O)CC1(CN)CCC1. The van der Waals surface area contributed by atoms with Crippen LogP contribution in [-0.4, -0.2) is 12.5 Å².